The van der Waals surface area contributed by atoms with Crippen LogP contribution in [0.4, 0.5) is 11.4 Å². The largest absolute Gasteiger partial charge is 0.488 e. The number of rotatable bonds is 6. The summed E-state index contributed by atoms with van der Waals surface area (Å²) in [4.78, 5) is 4.72. The van der Waals surface area contributed by atoms with E-state index >= 15 is 0 Å². The predicted octanol–water partition coefficient (Wildman–Crippen LogP) is 9.15. The number of benzene rings is 4. The lowest BCUT2D eigenvalue weighted by molar-refractivity contribution is 0.306. The average molecular weight is 525 g/mol. The van der Waals surface area contributed by atoms with Gasteiger partial charge in [0, 0.05) is 39.0 Å². The van der Waals surface area contributed by atoms with Crippen molar-refractivity contribution in [2.24, 2.45) is 10.9 Å². The number of fused-ring (bicyclic) bond motifs is 3. The van der Waals surface area contributed by atoms with Gasteiger partial charge in [0.1, 0.15) is 12.4 Å². The van der Waals surface area contributed by atoms with Gasteiger partial charge in [0.2, 0.25) is 0 Å². The maximum atomic E-state index is 6.28. The van der Waals surface area contributed by atoms with Gasteiger partial charge in [0.05, 0.1) is 11.7 Å². The minimum absolute atomic E-state index is 0.269. The van der Waals surface area contributed by atoms with Crippen LogP contribution in [0.5, 0.6) is 5.75 Å². The molecule has 37 heavy (non-hydrogen) atoms. The molecule has 184 valence electrons. The van der Waals surface area contributed by atoms with Gasteiger partial charge in [-0.1, -0.05) is 83.9 Å². The third-order valence-corrected chi connectivity index (χ3v) is 7.79. The number of halogens is 2. The van der Waals surface area contributed by atoms with Gasteiger partial charge in [-0.3, -0.25) is 4.99 Å². The molecule has 0 bridgehead atoms. The van der Waals surface area contributed by atoms with Crippen LogP contribution in [0, 0.1) is 5.92 Å². The number of anilines is 1. The van der Waals surface area contributed by atoms with E-state index in [1.807, 2.05) is 42.5 Å². The monoisotopic (exact) mass is 524 g/mol. The molecule has 0 amide bonds. The standard InChI is InChI=1S/C32H26Cl2N2O/c33-24-14-17-31(37-20-22-6-1-3-10-29(22)34)23(18-24)19-35-25-15-12-21(13-16-25)32-28-9-5-8-26(28)27-7-2-4-11-30(27)36-32/h1-8,10-19,26,28,32,36H,9,20H2/t26-,28-,32+/m1/s1. The molecule has 4 aromatic carbocycles. The minimum atomic E-state index is 0.269. The van der Waals surface area contributed by atoms with E-state index in [4.69, 9.17) is 32.9 Å². The molecule has 0 fully saturated rings. The molecule has 0 spiro atoms. The first-order valence-electron chi connectivity index (χ1n) is 12.5. The Hall–Kier alpha value is -3.53. The van der Waals surface area contributed by atoms with Crippen LogP contribution in [-0.4, -0.2) is 6.21 Å². The Bertz CT molecular complexity index is 1480. The minimum Gasteiger partial charge on any atom is -0.488 e. The van der Waals surface area contributed by atoms with Gasteiger partial charge in [0.15, 0.2) is 0 Å². The molecule has 0 aromatic heterocycles. The van der Waals surface area contributed by atoms with E-state index in [2.05, 4.69) is 66.0 Å². The third kappa shape index (κ3) is 5.02. The van der Waals surface area contributed by atoms with Gasteiger partial charge in [-0.15, -0.1) is 0 Å². The number of nitrogens with one attached hydrogen (secondary N) is 1. The molecular weight excluding hydrogens is 499 g/mol. The van der Waals surface area contributed by atoms with Crippen LogP contribution in [0.15, 0.2) is 108 Å². The Balaban J connectivity index is 1.19. The summed E-state index contributed by atoms with van der Waals surface area (Å²) in [5.41, 5.74) is 6.52. The van der Waals surface area contributed by atoms with Crippen molar-refractivity contribution in [3.63, 3.8) is 0 Å². The fourth-order valence-electron chi connectivity index (χ4n) is 5.31. The van der Waals surface area contributed by atoms with E-state index in [-0.39, 0.29) is 6.04 Å². The van der Waals surface area contributed by atoms with Gasteiger partial charge in [-0.05, 0) is 65.9 Å². The number of para-hydroxylation sites is 1. The first kappa shape index (κ1) is 23.8. The number of nitrogens with zero attached hydrogens (tertiary/aromatic N) is 1. The van der Waals surface area contributed by atoms with Crippen molar-refractivity contribution in [3.05, 3.63) is 135 Å². The van der Waals surface area contributed by atoms with Gasteiger partial charge in [-0.25, -0.2) is 0 Å². The summed E-state index contributed by atoms with van der Waals surface area (Å²) >= 11 is 12.6. The first-order chi connectivity index (χ1) is 18.2. The summed E-state index contributed by atoms with van der Waals surface area (Å²) in [5.74, 6) is 1.69. The van der Waals surface area contributed by atoms with Crippen molar-refractivity contribution in [1.82, 2.24) is 0 Å². The summed E-state index contributed by atoms with van der Waals surface area (Å²) < 4.78 is 6.07. The Kier molecular flexibility index (Phi) is 6.73. The quantitative estimate of drug-likeness (QED) is 0.201. The van der Waals surface area contributed by atoms with Crippen LogP contribution < -0.4 is 10.1 Å². The highest BCUT2D eigenvalue weighted by molar-refractivity contribution is 6.31. The maximum Gasteiger partial charge on any atom is 0.128 e. The van der Waals surface area contributed by atoms with Crippen LogP contribution >= 0.6 is 23.2 Å². The van der Waals surface area contributed by atoms with Crippen LogP contribution in [0.1, 0.15) is 40.6 Å². The van der Waals surface area contributed by atoms with Gasteiger partial charge < -0.3 is 10.1 Å². The van der Waals surface area contributed by atoms with E-state index < -0.39 is 0 Å². The smallest absolute Gasteiger partial charge is 0.128 e. The number of hydrogen-bond acceptors (Lipinski definition) is 3. The zero-order chi connectivity index (χ0) is 25.2. The Labute approximate surface area is 227 Å². The SMILES string of the molecule is Clc1ccc(OCc2ccccc2Cl)c(C=Nc2ccc([C@@H]3Nc4ccccc4[C@H]4C=CC[C@H]43)cc2)c1. The van der Waals surface area contributed by atoms with E-state index in [0.717, 1.165) is 23.2 Å². The highest BCUT2D eigenvalue weighted by Crippen LogP contribution is 2.49. The van der Waals surface area contributed by atoms with Crippen LogP contribution in [0.3, 0.4) is 0 Å². The fourth-order valence-corrected chi connectivity index (χ4v) is 5.68. The van der Waals surface area contributed by atoms with Crippen molar-refractivity contribution in [1.29, 1.82) is 0 Å². The van der Waals surface area contributed by atoms with Crippen LogP contribution in [-0.2, 0) is 6.61 Å². The molecule has 3 atom stereocenters. The third-order valence-electron chi connectivity index (χ3n) is 7.19. The van der Waals surface area contributed by atoms with Crippen molar-refractivity contribution < 1.29 is 4.74 Å². The summed E-state index contributed by atoms with van der Waals surface area (Å²) in [6.07, 6.45) is 7.57. The predicted molar refractivity (Wildman–Crippen MR) is 154 cm³/mol. The molecule has 3 nitrogen and oxygen atoms in total. The summed E-state index contributed by atoms with van der Waals surface area (Å²) in [6.45, 7) is 0.366. The topological polar surface area (TPSA) is 33.6 Å². The molecule has 5 heteroatoms. The summed E-state index contributed by atoms with van der Waals surface area (Å²) in [6, 6.07) is 30.6. The molecule has 1 aliphatic heterocycles. The lowest BCUT2D eigenvalue weighted by Crippen LogP contribution is -2.28. The van der Waals surface area contributed by atoms with E-state index in [0.29, 0.717) is 34.2 Å². The number of ether oxygens (including phenoxy) is 1. The molecular formula is C32H26Cl2N2O. The Morgan fingerprint density at radius 2 is 1.73 bits per heavy atom. The number of hydrogen-bond donors (Lipinski definition) is 1. The lowest BCUT2D eigenvalue weighted by Gasteiger charge is -2.37. The second kappa shape index (κ2) is 10.5. The lowest BCUT2D eigenvalue weighted by atomic mass is 9.77. The molecule has 0 radical (unpaired) electrons. The molecule has 4 aromatic rings. The van der Waals surface area contributed by atoms with Gasteiger partial charge in [0.25, 0.3) is 0 Å². The summed E-state index contributed by atoms with van der Waals surface area (Å²) in [5, 5.41) is 5.10. The van der Waals surface area contributed by atoms with Gasteiger partial charge in [-0.2, -0.15) is 0 Å². The molecule has 1 aliphatic carbocycles. The van der Waals surface area contributed by atoms with E-state index in [1.54, 1.807) is 6.21 Å². The summed E-state index contributed by atoms with van der Waals surface area (Å²) in [7, 11) is 0. The van der Waals surface area contributed by atoms with Crippen molar-refractivity contribution in [3.8, 4) is 5.75 Å². The number of aliphatic imine (C=N–C) groups is 1. The average Bonchev–Trinajstić information content (AvgIpc) is 3.43. The second-order valence-electron chi connectivity index (χ2n) is 9.47. The van der Waals surface area contributed by atoms with Crippen LogP contribution in [0.25, 0.3) is 0 Å². The Morgan fingerprint density at radius 3 is 2.59 bits per heavy atom. The van der Waals surface area contributed by atoms with Crippen molar-refractivity contribution in [2.45, 2.75) is 25.0 Å². The fraction of sp³-hybridized carbons (Fsp3) is 0.156. The molecule has 1 heterocycles. The first-order valence-corrected chi connectivity index (χ1v) is 13.2. The molecule has 1 N–H and O–H groups in total. The van der Waals surface area contributed by atoms with E-state index in [9.17, 15) is 0 Å². The van der Waals surface area contributed by atoms with Gasteiger partial charge >= 0.3 is 0 Å². The normalized spacial score (nSPS) is 19.9. The number of allylic oxidation sites excluding steroid dienone is 2. The molecule has 6 rings (SSSR count). The van der Waals surface area contributed by atoms with Crippen molar-refractivity contribution >= 4 is 40.8 Å². The van der Waals surface area contributed by atoms with Crippen LogP contribution in [0.2, 0.25) is 10.0 Å². The molecule has 2 aliphatic rings. The maximum absolute atomic E-state index is 6.28. The highest BCUT2D eigenvalue weighted by atomic mass is 35.5. The zero-order valence-corrected chi connectivity index (χ0v) is 21.7. The Morgan fingerprint density at radius 1 is 0.919 bits per heavy atom. The van der Waals surface area contributed by atoms with Crippen molar-refractivity contribution in [2.75, 3.05) is 5.32 Å². The highest BCUT2D eigenvalue weighted by Gasteiger charge is 2.37. The van der Waals surface area contributed by atoms with E-state index in [1.165, 1.54) is 16.8 Å². The molecule has 0 saturated heterocycles. The molecule has 0 saturated carbocycles. The second-order valence-corrected chi connectivity index (χ2v) is 10.3. The zero-order valence-electron chi connectivity index (χ0n) is 20.1. The molecule has 0 unspecified atom stereocenters.